The molecule has 2 aromatic heterocycles. The van der Waals surface area contributed by atoms with E-state index in [1.165, 1.54) is 17.8 Å². The van der Waals surface area contributed by atoms with Gasteiger partial charge < -0.3 is 9.84 Å². The minimum atomic E-state index is -0.481. The molecule has 0 saturated heterocycles. The summed E-state index contributed by atoms with van der Waals surface area (Å²) in [6.45, 7) is 3.78. The summed E-state index contributed by atoms with van der Waals surface area (Å²) >= 11 is 1.51. The summed E-state index contributed by atoms with van der Waals surface area (Å²) in [6, 6.07) is 3.83. The van der Waals surface area contributed by atoms with Crippen LogP contribution in [0.1, 0.15) is 58.4 Å². The molecule has 1 saturated carbocycles. The molecule has 3 rings (SSSR count). The third-order valence-electron chi connectivity index (χ3n) is 3.98. The van der Waals surface area contributed by atoms with E-state index in [9.17, 15) is 4.79 Å². The molecular formula is C15H19N3O2S. The van der Waals surface area contributed by atoms with Crippen molar-refractivity contribution in [3.63, 3.8) is 0 Å². The predicted molar refractivity (Wildman–Crippen MR) is 80.3 cm³/mol. The lowest BCUT2D eigenvalue weighted by Crippen LogP contribution is -2.47. The second-order valence-electron chi connectivity index (χ2n) is 5.64. The Labute approximate surface area is 127 Å². The van der Waals surface area contributed by atoms with Crippen LogP contribution in [0, 0.1) is 13.8 Å². The highest BCUT2D eigenvalue weighted by Crippen LogP contribution is 2.36. The Morgan fingerprint density at radius 2 is 2.05 bits per heavy atom. The first kappa shape index (κ1) is 14.3. The van der Waals surface area contributed by atoms with Crippen LogP contribution in [0.2, 0.25) is 0 Å². The van der Waals surface area contributed by atoms with Crippen LogP contribution >= 0.6 is 11.3 Å². The van der Waals surface area contributed by atoms with E-state index in [-0.39, 0.29) is 5.91 Å². The lowest BCUT2D eigenvalue weighted by Gasteiger charge is -2.35. The molecule has 0 bridgehead atoms. The first-order valence-electron chi connectivity index (χ1n) is 7.29. The summed E-state index contributed by atoms with van der Waals surface area (Å²) in [6.07, 6.45) is 5.05. The van der Waals surface area contributed by atoms with Crippen LogP contribution < -0.4 is 5.32 Å². The summed E-state index contributed by atoms with van der Waals surface area (Å²) in [7, 11) is 0. The van der Waals surface area contributed by atoms with Gasteiger partial charge in [0, 0.05) is 11.8 Å². The standard InChI is InChI=1S/C15H19N3O2S/c1-10-6-7-12(21-10)13(19)17-15(8-4-3-5-9-15)14-16-11(2)20-18-14/h6-7H,3-5,8-9H2,1-2H3,(H,17,19). The van der Waals surface area contributed by atoms with E-state index in [0.717, 1.165) is 35.4 Å². The Hall–Kier alpha value is -1.69. The summed E-state index contributed by atoms with van der Waals surface area (Å²) in [5.41, 5.74) is -0.481. The van der Waals surface area contributed by atoms with Gasteiger partial charge in [-0.15, -0.1) is 11.3 Å². The van der Waals surface area contributed by atoms with Crippen LogP contribution in [0.15, 0.2) is 16.7 Å². The van der Waals surface area contributed by atoms with Crippen molar-refractivity contribution in [3.8, 4) is 0 Å². The summed E-state index contributed by atoms with van der Waals surface area (Å²) in [4.78, 5) is 18.8. The number of carbonyl (C=O) groups excluding carboxylic acids is 1. The second kappa shape index (κ2) is 5.60. The normalized spacial score (nSPS) is 17.6. The average molecular weight is 305 g/mol. The first-order chi connectivity index (χ1) is 10.1. The van der Waals surface area contributed by atoms with Crippen molar-refractivity contribution < 1.29 is 9.32 Å². The van der Waals surface area contributed by atoms with Gasteiger partial charge in [0.15, 0.2) is 5.82 Å². The van der Waals surface area contributed by atoms with Crippen molar-refractivity contribution in [2.45, 2.75) is 51.5 Å². The molecule has 0 aliphatic heterocycles. The number of rotatable bonds is 3. The van der Waals surface area contributed by atoms with E-state index in [2.05, 4.69) is 15.5 Å². The van der Waals surface area contributed by atoms with Gasteiger partial charge in [-0.2, -0.15) is 4.98 Å². The molecule has 0 spiro atoms. The van der Waals surface area contributed by atoms with Gasteiger partial charge in [-0.1, -0.05) is 24.4 Å². The maximum atomic E-state index is 12.5. The zero-order valence-electron chi connectivity index (χ0n) is 12.3. The molecule has 1 aliphatic rings. The zero-order chi connectivity index (χ0) is 14.9. The number of aromatic nitrogens is 2. The quantitative estimate of drug-likeness (QED) is 0.944. The second-order valence-corrected chi connectivity index (χ2v) is 6.93. The Morgan fingerprint density at radius 3 is 2.62 bits per heavy atom. The van der Waals surface area contributed by atoms with Gasteiger partial charge in [-0.05, 0) is 31.9 Å². The van der Waals surface area contributed by atoms with Crippen LogP contribution in [0.5, 0.6) is 0 Å². The predicted octanol–water partition coefficient (Wildman–Crippen LogP) is 3.34. The lowest BCUT2D eigenvalue weighted by molar-refractivity contribution is 0.0859. The van der Waals surface area contributed by atoms with Crippen LogP contribution in [-0.4, -0.2) is 16.0 Å². The van der Waals surface area contributed by atoms with E-state index < -0.39 is 5.54 Å². The monoisotopic (exact) mass is 305 g/mol. The van der Waals surface area contributed by atoms with Crippen molar-refractivity contribution >= 4 is 17.2 Å². The number of hydrogen-bond acceptors (Lipinski definition) is 5. The van der Waals surface area contributed by atoms with Crippen molar-refractivity contribution in [2.24, 2.45) is 0 Å². The highest BCUT2D eigenvalue weighted by atomic mass is 32.1. The van der Waals surface area contributed by atoms with Gasteiger partial charge in [0.05, 0.1) is 4.88 Å². The van der Waals surface area contributed by atoms with Crippen molar-refractivity contribution in [1.82, 2.24) is 15.5 Å². The zero-order valence-corrected chi connectivity index (χ0v) is 13.1. The lowest BCUT2D eigenvalue weighted by atomic mass is 9.81. The Kier molecular flexibility index (Phi) is 3.80. The molecule has 0 atom stereocenters. The molecular weight excluding hydrogens is 286 g/mol. The Balaban J connectivity index is 1.87. The molecule has 2 heterocycles. The molecule has 21 heavy (non-hydrogen) atoms. The molecule has 0 aromatic carbocycles. The van der Waals surface area contributed by atoms with Crippen LogP contribution in [-0.2, 0) is 5.54 Å². The Morgan fingerprint density at radius 1 is 1.29 bits per heavy atom. The van der Waals surface area contributed by atoms with E-state index >= 15 is 0 Å². The van der Waals surface area contributed by atoms with E-state index in [0.29, 0.717) is 11.7 Å². The number of hydrogen-bond donors (Lipinski definition) is 1. The molecule has 0 unspecified atom stereocenters. The van der Waals surface area contributed by atoms with Crippen LogP contribution in [0.25, 0.3) is 0 Å². The molecule has 1 amide bonds. The van der Waals surface area contributed by atoms with Crippen molar-refractivity contribution in [2.75, 3.05) is 0 Å². The third-order valence-corrected chi connectivity index (χ3v) is 4.98. The highest BCUT2D eigenvalue weighted by molar-refractivity contribution is 7.13. The number of carbonyl (C=O) groups is 1. The molecule has 0 radical (unpaired) electrons. The number of amides is 1. The van der Waals surface area contributed by atoms with Gasteiger partial charge in [-0.3, -0.25) is 4.79 Å². The van der Waals surface area contributed by atoms with E-state index in [1.807, 2.05) is 19.1 Å². The number of aryl methyl sites for hydroxylation is 2. The summed E-state index contributed by atoms with van der Waals surface area (Å²) < 4.78 is 5.12. The smallest absolute Gasteiger partial charge is 0.262 e. The summed E-state index contributed by atoms with van der Waals surface area (Å²) in [5.74, 6) is 1.11. The van der Waals surface area contributed by atoms with Gasteiger partial charge in [0.2, 0.25) is 5.89 Å². The number of nitrogens with zero attached hydrogens (tertiary/aromatic N) is 2. The number of thiophene rings is 1. The molecule has 6 heteroatoms. The van der Waals surface area contributed by atoms with Gasteiger partial charge >= 0.3 is 0 Å². The average Bonchev–Trinajstić information content (AvgIpc) is 3.09. The first-order valence-corrected chi connectivity index (χ1v) is 8.10. The third kappa shape index (κ3) is 2.85. The largest absolute Gasteiger partial charge is 0.340 e. The van der Waals surface area contributed by atoms with Crippen molar-refractivity contribution in [1.29, 1.82) is 0 Å². The summed E-state index contributed by atoms with van der Waals surface area (Å²) in [5, 5.41) is 7.24. The number of nitrogens with one attached hydrogen (secondary N) is 1. The van der Waals surface area contributed by atoms with E-state index in [4.69, 9.17) is 4.52 Å². The maximum absolute atomic E-state index is 12.5. The fraction of sp³-hybridized carbons (Fsp3) is 0.533. The van der Waals surface area contributed by atoms with Crippen molar-refractivity contribution in [3.05, 3.63) is 33.6 Å². The molecule has 1 N–H and O–H groups in total. The molecule has 2 aromatic rings. The molecule has 1 aliphatic carbocycles. The molecule has 5 nitrogen and oxygen atoms in total. The minimum absolute atomic E-state index is 0.0440. The van der Waals surface area contributed by atoms with Gasteiger partial charge in [-0.25, -0.2) is 0 Å². The van der Waals surface area contributed by atoms with E-state index in [1.54, 1.807) is 6.92 Å². The van der Waals surface area contributed by atoms with Gasteiger partial charge in [0.1, 0.15) is 5.54 Å². The SMILES string of the molecule is Cc1nc(C2(NC(=O)c3ccc(C)s3)CCCCC2)no1. The topological polar surface area (TPSA) is 68.0 Å². The highest BCUT2D eigenvalue weighted by Gasteiger charge is 2.39. The van der Waals surface area contributed by atoms with Crippen LogP contribution in [0.3, 0.4) is 0 Å². The maximum Gasteiger partial charge on any atom is 0.262 e. The van der Waals surface area contributed by atoms with Gasteiger partial charge in [0.25, 0.3) is 5.91 Å². The Bertz CT molecular complexity index is 641. The molecule has 1 fully saturated rings. The minimum Gasteiger partial charge on any atom is -0.340 e. The van der Waals surface area contributed by atoms with Crippen LogP contribution in [0.4, 0.5) is 0 Å². The molecule has 112 valence electrons. The fourth-order valence-corrected chi connectivity index (χ4v) is 3.65. The fourth-order valence-electron chi connectivity index (χ4n) is 2.89.